The zero-order valence-corrected chi connectivity index (χ0v) is 18.5. The molecule has 0 amide bonds. The summed E-state index contributed by atoms with van der Waals surface area (Å²) in [4.78, 5) is 0. The minimum absolute atomic E-state index is 0.187. The lowest BCUT2D eigenvalue weighted by Gasteiger charge is -2.17. The topological polar surface area (TPSA) is 84.6 Å². The Hall–Kier alpha value is -3.02. The molecule has 0 unspecified atom stereocenters. The Bertz CT molecular complexity index is 1240. The van der Waals surface area contributed by atoms with Crippen molar-refractivity contribution < 1.29 is 17.9 Å². The monoisotopic (exact) mass is 439 g/mol. The summed E-state index contributed by atoms with van der Waals surface area (Å²) < 4.78 is 38.8. The predicted molar refractivity (Wildman–Crippen MR) is 121 cm³/mol. The molecule has 7 nitrogen and oxygen atoms in total. The number of sulfonamides is 1. The second-order valence-electron chi connectivity index (χ2n) is 7.39. The van der Waals surface area contributed by atoms with Gasteiger partial charge in [-0.25, -0.2) is 8.42 Å². The molecule has 2 heterocycles. The molecule has 0 radical (unpaired) electrons. The molecule has 8 heteroatoms. The van der Waals surface area contributed by atoms with Gasteiger partial charge in [0.2, 0.25) is 10.0 Å². The quantitative estimate of drug-likeness (QED) is 0.523. The van der Waals surface area contributed by atoms with Gasteiger partial charge in [-0.15, -0.1) is 0 Å². The fourth-order valence-electron chi connectivity index (χ4n) is 4.12. The van der Waals surface area contributed by atoms with Gasteiger partial charge >= 0.3 is 0 Å². The van der Waals surface area contributed by atoms with Crippen LogP contribution in [0.4, 0.5) is 5.69 Å². The van der Waals surface area contributed by atoms with Gasteiger partial charge in [-0.1, -0.05) is 12.1 Å². The van der Waals surface area contributed by atoms with E-state index < -0.39 is 10.0 Å². The average molecular weight is 440 g/mol. The number of nitriles is 1. The van der Waals surface area contributed by atoms with Gasteiger partial charge < -0.3 is 14.0 Å². The summed E-state index contributed by atoms with van der Waals surface area (Å²) in [5, 5.41) is 10.8. The van der Waals surface area contributed by atoms with E-state index in [1.165, 1.54) is 4.31 Å². The van der Waals surface area contributed by atoms with Crippen molar-refractivity contribution in [3.05, 3.63) is 48.0 Å². The van der Waals surface area contributed by atoms with Gasteiger partial charge in [0.15, 0.2) is 0 Å². The third kappa shape index (κ3) is 3.87. The largest absolute Gasteiger partial charge is 0.491 e. The zero-order valence-electron chi connectivity index (χ0n) is 17.7. The molecular weight excluding hydrogens is 414 g/mol. The normalized spacial score (nSPS) is 15.3. The maximum absolute atomic E-state index is 12.2. The molecule has 1 saturated heterocycles. The van der Waals surface area contributed by atoms with Crippen molar-refractivity contribution >= 4 is 26.6 Å². The summed E-state index contributed by atoms with van der Waals surface area (Å²) in [7, 11) is -1.60. The molecule has 4 rings (SSSR count). The number of nitrogens with zero attached hydrogens (tertiary/aromatic N) is 3. The van der Waals surface area contributed by atoms with Crippen LogP contribution in [0.5, 0.6) is 5.75 Å². The second-order valence-corrected chi connectivity index (χ2v) is 9.40. The molecule has 1 aliphatic heterocycles. The molecule has 0 N–H and O–H groups in total. The first kappa shape index (κ1) is 21.2. The van der Waals surface area contributed by atoms with Crippen molar-refractivity contribution in [3.63, 3.8) is 0 Å². The Morgan fingerprint density at radius 2 is 1.90 bits per heavy atom. The van der Waals surface area contributed by atoms with Crippen LogP contribution in [0.1, 0.15) is 18.9 Å². The van der Waals surface area contributed by atoms with E-state index in [4.69, 9.17) is 9.47 Å². The van der Waals surface area contributed by atoms with E-state index in [-0.39, 0.29) is 5.75 Å². The van der Waals surface area contributed by atoms with Gasteiger partial charge in [-0.2, -0.15) is 5.26 Å². The Kier molecular flexibility index (Phi) is 5.90. The lowest BCUT2D eigenvalue weighted by Crippen LogP contribution is -2.24. The first-order chi connectivity index (χ1) is 15.0. The van der Waals surface area contributed by atoms with Gasteiger partial charge in [0.05, 0.1) is 34.8 Å². The molecule has 3 aromatic rings. The predicted octanol–water partition coefficient (Wildman–Crippen LogP) is 3.76. The molecule has 0 spiro atoms. The molecule has 162 valence electrons. The minimum atomic E-state index is -3.23. The van der Waals surface area contributed by atoms with Crippen LogP contribution in [0, 0.1) is 11.3 Å². The van der Waals surface area contributed by atoms with E-state index in [9.17, 15) is 13.7 Å². The molecule has 1 fully saturated rings. The summed E-state index contributed by atoms with van der Waals surface area (Å²) in [6.45, 7) is 4.17. The van der Waals surface area contributed by atoms with E-state index in [2.05, 4.69) is 10.6 Å². The lowest BCUT2D eigenvalue weighted by molar-refractivity contribution is 0.146. The molecule has 0 aliphatic carbocycles. The average Bonchev–Trinajstić information content (AvgIpc) is 3.29. The fourth-order valence-corrected chi connectivity index (χ4v) is 5.68. The van der Waals surface area contributed by atoms with Crippen molar-refractivity contribution in [1.82, 2.24) is 4.57 Å². The number of hydrogen-bond acceptors (Lipinski definition) is 5. The van der Waals surface area contributed by atoms with Gasteiger partial charge in [0.1, 0.15) is 18.4 Å². The number of anilines is 1. The standard InChI is InChI=1S/C23H25N3O4S/c1-3-25-22-15-19(30-13-12-29-2)9-10-20(22)21(16-24)23(25)17-5-7-18(8-6-17)26-11-4-14-31(26,27)28/h5-10,15H,3-4,11-14H2,1-2H3. The van der Waals surface area contributed by atoms with Crippen LogP contribution in [0.15, 0.2) is 42.5 Å². The molecule has 2 aromatic carbocycles. The molecule has 1 aliphatic rings. The van der Waals surface area contributed by atoms with Crippen molar-refractivity contribution in [3.8, 4) is 23.1 Å². The fraction of sp³-hybridized carbons (Fsp3) is 0.348. The molecule has 31 heavy (non-hydrogen) atoms. The van der Waals surface area contributed by atoms with Gasteiger partial charge in [-0.05, 0) is 43.2 Å². The van der Waals surface area contributed by atoms with Gasteiger partial charge in [0.25, 0.3) is 0 Å². The summed E-state index contributed by atoms with van der Waals surface area (Å²) in [5.74, 6) is 0.911. The number of ether oxygens (including phenoxy) is 2. The van der Waals surface area contributed by atoms with Crippen LogP contribution in [0.3, 0.4) is 0 Å². The molecule has 0 bridgehead atoms. The minimum Gasteiger partial charge on any atom is -0.491 e. The molecular formula is C23H25N3O4S. The molecule has 0 atom stereocenters. The first-order valence-corrected chi connectivity index (χ1v) is 11.9. The van der Waals surface area contributed by atoms with Crippen LogP contribution in [-0.4, -0.2) is 45.6 Å². The second kappa shape index (κ2) is 8.61. The smallest absolute Gasteiger partial charge is 0.235 e. The number of aromatic nitrogens is 1. The molecule has 1 aromatic heterocycles. The summed E-state index contributed by atoms with van der Waals surface area (Å²) in [5.41, 5.74) is 3.88. The van der Waals surface area contributed by atoms with Crippen LogP contribution in [0.2, 0.25) is 0 Å². The lowest BCUT2D eigenvalue weighted by atomic mass is 10.1. The summed E-state index contributed by atoms with van der Waals surface area (Å²) in [6.07, 6.45) is 0.640. The first-order valence-electron chi connectivity index (χ1n) is 10.3. The number of methoxy groups -OCH3 is 1. The van der Waals surface area contributed by atoms with Crippen molar-refractivity contribution in [2.75, 3.05) is 36.9 Å². The number of hydrogen-bond donors (Lipinski definition) is 0. The van der Waals surface area contributed by atoms with Crippen LogP contribution in [-0.2, 0) is 21.3 Å². The number of fused-ring (bicyclic) bond motifs is 1. The Balaban J connectivity index is 1.77. The highest BCUT2D eigenvalue weighted by molar-refractivity contribution is 7.93. The number of aryl methyl sites for hydroxylation is 1. The van der Waals surface area contributed by atoms with E-state index in [1.807, 2.05) is 49.4 Å². The third-order valence-electron chi connectivity index (χ3n) is 5.55. The van der Waals surface area contributed by atoms with Gasteiger partial charge in [0, 0.05) is 31.7 Å². The Morgan fingerprint density at radius 3 is 2.52 bits per heavy atom. The van der Waals surface area contributed by atoms with E-state index in [1.54, 1.807) is 7.11 Å². The maximum Gasteiger partial charge on any atom is 0.235 e. The zero-order chi connectivity index (χ0) is 22.0. The van der Waals surface area contributed by atoms with Crippen molar-refractivity contribution in [2.24, 2.45) is 0 Å². The Morgan fingerprint density at radius 1 is 1.13 bits per heavy atom. The van der Waals surface area contributed by atoms with Gasteiger partial charge in [-0.3, -0.25) is 4.31 Å². The highest BCUT2D eigenvalue weighted by Gasteiger charge is 2.28. The van der Waals surface area contributed by atoms with Crippen molar-refractivity contribution in [2.45, 2.75) is 19.9 Å². The summed E-state index contributed by atoms with van der Waals surface area (Å²) >= 11 is 0. The molecule has 0 saturated carbocycles. The highest BCUT2D eigenvalue weighted by atomic mass is 32.2. The highest BCUT2D eigenvalue weighted by Crippen LogP contribution is 2.36. The SMILES string of the molecule is CCn1c(-c2ccc(N3CCCS3(=O)=O)cc2)c(C#N)c2ccc(OCCOC)cc21. The van der Waals surface area contributed by atoms with Crippen molar-refractivity contribution in [1.29, 1.82) is 5.26 Å². The van der Waals surface area contributed by atoms with Crippen LogP contribution in [0.25, 0.3) is 22.2 Å². The maximum atomic E-state index is 12.2. The Labute approximate surface area is 182 Å². The van der Waals surface area contributed by atoms with E-state index in [0.717, 1.165) is 27.9 Å². The third-order valence-corrected chi connectivity index (χ3v) is 7.42. The number of benzene rings is 2. The number of rotatable bonds is 7. The summed E-state index contributed by atoms with van der Waals surface area (Å²) in [6, 6.07) is 15.5. The van der Waals surface area contributed by atoms with E-state index in [0.29, 0.717) is 44.0 Å². The van der Waals surface area contributed by atoms with Crippen LogP contribution < -0.4 is 9.04 Å². The van der Waals surface area contributed by atoms with E-state index >= 15 is 0 Å². The van der Waals surface area contributed by atoms with Crippen LogP contribution >= 0.6 is 0 Å².